The number of rotatable bonds is 4. The highest BCUT2D eigenvalue weighted by Gasteiger charge is 2.11. The van der Waals surface area contributed by atoms with Crippen molar-refractivity contribution in [1.82, 2.24) is 0 Å². The van der Waals surface area contributed by atoms with Crippen molar-refractivity contribution in [3.8, 4) is 33.8 Å². The lowest BCUT2D eigenvalue weighted by molar-refractivity contribution is 0.476. The van der Waals surface area contributed by atoms with Crippen LogP contribution in [-0.2, 0) is 0 Å². The highest BCUT2D eigenvalue weighted by molar-refractivity contribution is 5.74. The molecule has 0 amide bonds. The molecular formula is C30H32O2. The fourth-order valence-corrected chi connectivity index (χ4v) is 3.89. The van der Waals surface area contributed by atoms with E-state index in [9.17, 15) is 10.2 Å². The van der Waals surface area contributed by atoms with Gasteiger partial charge in [-0.05, 0) is 46.2 Å². The van der Waals surface area contributed by atoms with E-state index in [1.54, 1.807) is 12.1 Å². The molecule has 4 rings (SSSR count). The minimum atomic E-state index is 0.343. The fraction of sp³-hybridized carbons (Fsp3) is 0.200. The summed E-state index contributed by atoms with van der Waals surface area (Å²) in [6.07, 6.45) is 0. The summed E-state index contributed by atoms with van der Waals surface area (Å²) in [4.78, 5) is 0. The van der Waals surface area contributed by atoms with Gasteiger partial charge in [0.2, 0.25) is 0 Å². The molecule has 4 aromatic carbocycles. The van der Waals surface area contributed by atoms with Gasteiger partial charge in [-0.3, -0.25) is 0 Å². The Bertz CT molecular complexity index is 1070. The van der Waals surface area contributed by atoms with Crippen LogP contribution in [0.3, 0.4) is 0 Å². The zero-order chi connectivity index (χ0) is 23.1. The molecule has 0 radical (unpaired) electrons. The van der Waals surface area contributed by atoms with Gasteiger partial charge in [0.1, 0.15) is 11.5 Å². The van der Waals surface area contributed by atoms with Crippen LogP contribution in [0.2, 0.25) is 0 Å². The van der Waals surface area contributed by atoms with Crippen LogP contribution in [-0.4, -0.2) is 10.2 Å². The molecule has 0 unspecified atom stereocenters. The quantitative estimate of drug-likeness (QED) is 0.345. The number of hydrogen-bond donors (Lipinski definition) is 2. The standard InChI is InChI=1S/2C15H16O/c2*1-11(2)12-7-3-4-8-13(12)14-9-5-6-10-15(14)16/h2*3-11,16H,1-2H3. The Morgan fingerprint density at radius 3 is 1.00 bits per heavy atom. The Kier molecular flexibility index (Phi) is 7.72. The number of aromatic hydroxyl groups is 2. The lowest BCUT2D eigenvalue weighted by Gasteiger charge is -2.13. The molecular weight excluding hydrogens is 392 g/mol. The van der Waals surface area contributed by atoms with E-state index in [-0.39, 0.29) is 0 Å². The lowest BCUT2D eigenvalue weighted by Crippen LogP contribution is -1.91. The van der Waals surface area contributed by atoms with E-state index < -0.39 is 0 Å². The molecule has 32 heavy (non-hydrogen) atoms. The minimum Gasteiger partial charge on any atom is -0.507 e. The Morgan fingerprint density at radius 1 is 0.406 bits per heavy atom. The molecule has 2 heteroatoms. The van der Waals surface area contributed by atoms with Crippen molar-refractivity contribution in [3.05, 3.63) is 108 Å². The minimum absolute atomic E-state index is 0.343. The van der Waals surface area contributed by atoms with Gasteiger partial charge >= 0.3 is 0 Å². The van der Waals surface area contributed by atoms with E-state index >= 15 is 0 Å². The summed E-state index contributed by atoms with van der Waals surface area (Å²) < 4.78 is 0. The molecule has 0 heterocycles. The highest BCUT2D eigenvalue weighted by atomic mass is 16.3. The van der Waals surface area contributed by atoms with Crippen molar-refractivity contribution < 1.29 is 10.2 Å². The largest absolute Gasteiger partial charge is 0.507 e. The summed E-state index contributed by atoms with van der Waals surface area (Å²) in [5.41, 5.74) is 6.60. The monoisotopic (exact) mass is 424 g/mol. The van der Waals surface area contributed by atoms with Crippen molar-refractivity contribution in [2.24, 2.45) is 0 Å². The summed E-state index contributed by atoms with van der Waals surface area (Å²) in [6.45, 7) is 8.66. The van der Waals surface area contributed by atoms with Crippen LogP contribution in [0.25, 0.3) is 22.3 Å². The van der Waals surface area contributed by atoms with Crippen LogP contribution in [0.15, 0.2) is 97.1 Å². The number of hydrogen-bond acceptors (Lipinski definition) is 2. The molecule has 0 bridgehead atoms. The van der Waals surface area contributed by atoms with Gasteiger partial charge < -0.3 is 10.2 Å². The maximum atomic E-state index is 9.87. The predicted molar refractivity (Wildman–Crippen MR) is 135 cm³/mol. The SMILES string of the molecule is CC(C)c1ccccc1-c1ccccc1O.CC(C)c1ccccc1-c1ccccc1O. The summed E-state index contributed by atoms with van der Waals surface area (Å²) in [7, 11) is 0. The first kappa shape index (κ1) is 23.1. The Morgan fingerprint density at radius 2 is 0.688 bits per heavy atom. The smallest absolute Gasteiger partial charge is 0.123 e. The third-order valence-electron chi connectivity index (χ3n) is 5.55. The molecule has 0 aliphatic rings. The second kappa shape index (κ2) is 10.7. The molecule has 4 aromatic rings. The highest BCUT2D eigenvalue weighted by Crippen LogP contribution is 2.35. The van der Waals surface area contributed by atoms with Crippen LogP contribution in [0.1, 0.15) is 50.7 Å². The van der Waals surface area contributed by atoms with Crippen molar-refractivity contribution in [2.45, 2.75) is 39.5 Å². The van der Waals surface area contributed by atoms with Crippen molar-refractivity contribution in [2.75, 3.05) is 0 Å². The predicted octanol–water partition coefficient (Wildman–Crippen LogP) is 8.37. The molecule has 0 aromatic heterocycles. The molecule has 0 spiro atoms. The average molecular weight is 425 g/mol. The van der Waals surface area contributed by atoms with E-state index in [1.807, 2.05) is 60.7 Å². The van der Waals surface area contributed by atoms with E-state index in [0.29, 0.717) is 23.3 Å². The fourth-order valence-electron chi connectivity index (χ4n) is 3.89. The van der Waals surface area contributed by atoms with Crippen molar-refractivity contribution in [3.63, 3.8) is 0 Å². The molecule has 0 atom stereocenters. The molecule has 2 N–H and O–H groups in total. The van der Waals surface area contributed by atoms with Gasteiger partial charge in [-0.1, -0.05) is 113 Å². The van der Waals surface area contributed by atoms with Crippen LogP contribution in [0, 0.1) is 0 Å². The summed E-state index contributed by atoms with van der Waals surface area (Å²) >= 11 is 0. The first-order valence-corrected chi connectivity index (χ1v) is 11.1. The summed E-state index contributed by atoms with van der Waals surface area (Å²) in [6, 6.07) is 31.4. The number of para-hydroxylation sites is 2. The number of phenolic OH excluding ortho intramolecular Hbond substituents is 2. The lowest BCUT2D eigenvalue weighted by atomic mass is 9.92. The summed E-state index contributed by atoms with van der Waals surface area (Å²) in [5.74, 6) is 1.60. The van der Waals surface area contributed by atoms with Crippen LogP contribution >= 0.6 is 0 Å². The first-order chi connectivity index (χ1) is 15.4. The van der Waals surface area contributed by atoms with Gasteiger partial charge in [0.25, 0.3) is 0 Å². The molecule has 0 saturated heterocycles. The average Bonchev–Trinajstić information content (AvgIpc) is 2.80. The molecule has 164 valence electrons. The van der Waals surface area contributed by atoms with Crippen molar-refractivity contribution in [1.29, 1.82) is 0 Å². The Hall–Kier alpha value is -3.52. The number of phenols is 2. The van der Waals surface area contributed by atoms with Crippen molar-refractivity contribution >= 4 is 0 Å². The van der Waals surface area contributed by atoms with E-state index in [1.165, 1.54) is 11.1 Å². The van der Waals surface area contributed by atoms with Crippen LogP contribution in [0.5, 0.6) is 11.5 Å². The normalized spacial score (nSPS) is 10.7. The van der Waals surface area contributed by atoms with Crippen LogP contribution < -0.4 is 0 Å². The number of benzene rings is 4. The Labute approximate surface area is 191 Å². The van der Waals surface area contributed by atoms with E-state index in [0.717, 1.165) is 22.3 Å². The third kappa shape index (κ3) is 5.39. The molecule has 2 nitrogen and oxygen atoms in total. The first-order valence-electron chi connectivity index (χ1n) is 11.1. The summed E-state index contributed by atoms with van der Waals surface area (Å²) in [5, 5.41) is 19.7. The third-order valence-corrected chi connectivity index (χ3v) is 5.55. The maximum absolute atomic E-state index is 9.87. The zero-order valence-corrected chi connectivity index (χ0v) is 19.3. The van der Waals surface area contributed by atoms with Gasteiger partial charge in [-0.25, -0.2) is 0 Å². The maximum Gasteiger partial charge on any atom is 0.123 e. The second-order valence-electron chi connectivity index (χ2n) is 8.52. The van der Waals surface area contributed by atoms with Gasteiger partial charge in [-0.15, -0.1) is 0 Å². The van der Waals surface area contributed by atoms with Gasteiger partial charge in [-0.2, -0.15) is 0 Å². The topological polar surface area (TPSA) is 40.5 Å². The second-order valence-corrected chi connectivity index (χ2v) is 8.52. The molecule has 0 saturated carbocycles. The van der Waals surface area contributed by atoms with Gasteiger partial charge in [0.15, 0.2) is 0 Å². The molecule has 0 aliphatic carbocycles. The molecule has 0 fully saturated rings. The van der Waals surface area contributed by atoms with E-state index in [4.69, 9.17) is 0 Å². The van der Waals surface area contributed by atoms with Crippen LogP contribution in [0.4, 0.5) is 0 Å². The van der Waals surface area contributed by atoms with Gasteiger partial charge in [0, 0.05) is 11.1 Å². The Balaban J connectivity index is 0.000000181. The molecule has 0 aliphatic heterocycles. The van der Waals surface area contributed by atoms with Gasteiger partial charge in [0.05, 0.1) is 0 Å². The zero-order valence-electron chi connectivity index (χ0n) is 19.3. The van der Waals surface area contributed by atoms with E-state index in [2.05, 4.69) is 52.0 Å².